The molecule has 0 aromatic carbocycles. The molecule has 0 radical (unpaired) electrons. The van der Waals surface area contributed by atoms with E-state index in [1.165, 1.54) is 0 Å². The van der Waals surface area contributed by atoms with E-state index in [2.05, 4.69) is 42.5 Å². The van der Waals surface area contributed by atoms with Crippen LogP contribution < -0.4 is 52.5 Å². The van der Waals surface area contributed by atoms with Crippen molar-refractivity contribution >= 4 is 126 Å². The molecule has 4 saturated heterocycles. The van der Waals surface area contributed by atoms with Gasteiger partial charge in [0.05, 0.1) is 46.9 Å². The van der Waals surface area contributed by atoms with Gasteiger partial charge in [-0.25, -0.2) is 19.6 Å². The van der Waals surface area contributed by atoms with E-state index >= 15 is 0 Å². The zero-order chi connectivity index (χ0) is 53.7. The van der Waals surface area contributed by atoms with Crippen LogP contribution in [0.5, 0.6) is 0 Å². The van der Waals surface area contributed by atoms with Crippen molar-refractivity contribution in [2.24, 2.45) is 0 Å². The van der Waals surface area contributed by atoms with Crippen LogP contribution in [0.3, 0.4) is 0 Å². The zero-order valence-corrected chi connectivity index (χ0v) is 45.4. The van der Waals surface area contributed by atoms with E-state index in [0.717, 1.165) is 24.3 Å². The van der Waals surface area contributed by atoms with Gasteiger partial charge >= 0.3 is 29.1 Å². The van der Waals surface area contributed by atoms with Gasteiger partial charge in [-0.3, -0.25) is 28.3 Å². The zero-order valence-electron chi connectivity index (χ0n) is 41.0. The molecule has 3 aromatic heterocycles. The van der Waals surface area contributed by atoms with Crippen molar-refractivity contribution in [2.75, 3.05) is 23.0 Å². The molecule has 8 atom stereocenters. The molecule has 10 N–H and O–H groups in total. The number of hydrogen-bond donors (Lipinski definition) is 10. The Morgan fingerprint density at radius 2 is 1.04 bits per heavy atom. The molecule has 24 nitrogen and oxygen atoms in total. The Kier molecular flexibility index (Phi) is 18.4. The first-order chi connectivity index (χ1) is 36.3. The molecule has 6 aliphatic heterocycles. The number of urea groups is 2. The SMILES string of the molecule is O=C(CCCC[C@@H]1SC[C@@H]2NC(=O)N[C@@H]21)N[C@@H](CS(=O)(=O)O)C(=O)NCc1c2nc(cc3ccc([n-]3)c(CNC(=O)[C@H](CS(=O)(=O)O)NC(=O)CCCC[C@@H]3SC[C@@H]4NC(=O)N[C@@H]43)c3nc(cc4ccc1[n-]4)C=C3)C=C2.[Fe+2]. The van der Waals surface area contributed by atoms with E-state index in [1.807, 2.05) is 0 Å². The van der Waals surface area contributed by atoms with Gasteiger partial charge in [-0.1, -0.05) is 49.2 Å². The summed E-state index contributed by atoms with van der Waals surface area (Å²) in [5, 5.41) is 22.4. The van der Waals surface area contributed by atoms with E-state index in [1.54, 1.807) is 84.2 Å². The van der Waals surface area contributed by atoms with Crippen LogP contribution in [-0.2, 0) is 69.6 Å². The normalized spacial score (nSPS) is 21.8. The Labute approximate surface area is 461 Å². The van der Waals surface area contributed by atoms with Gasteiger partial charge in [0, 0.05) is 47.9 Å². The molecular weight excluding hydrogens is 1120 g/mol. The van der Waals surface area contributed by atoms with Crippen LogP contribution in [0.2, 0.25) is 0 Å². The molecule has 0 unspecified atom stereocenters. The summed E-state index contributed by atoms with van der Waals surface area (Å²) in [5.41, 5.74) is 4.32. The van der Waals surface area contributed by atoms with Crippen LogP contribution in [-0.4, -0.2) is 141 Å². The molecule has 9 heterocycles. The van der Waals surface area contributed by atoms with Gasteiger partial charge in [0.1, 0.15) is 23.6 Å². The number of hydrogen-bond acceptors (Lipinski definition) is 14. The molecule has 77 heavy (non-hydrogen) atoms. The average molecular weight is 1180 g/mol. The van der Waals surface area contributed by atoms with Gasteiger partial charge in [0.2, 0.25) is 23.6 Å². The molecule has 8 amide bonds. The second kappa shape index (κ2) is 24.8. The third-order valence-corrected chi connectivity index (χ3v) is 18.1. The summed E-state index contributed by atoms with van der Waals surface area (Å²) in [5.74, 6) is -3.44. The molecule has 6 aliphatic rings. The molecule has 8 bridgehead atoms. The number of carbonyl (C=O) groups excluding carboxylic acids is 6. The smallest absolute Gasteiger partial charge is 0.657 e. The predicted molar refractivity (Wildman–Crippen MR) is 285 cm³/mol. The summed E-state index contributed by atoms with van der Waals surface area (Å²) in [6, 6.07) is 6.70. The van der Waals surface area contributed by atoms with Gasteiger partial charge < -0.3 is 52.5 Å². The first-order valence-corrected chi connectivity index (χ1v) is 30.0. The summed E-state index contributed by atoms with van der Waals surface area (Å²) in [6.07, 6.45) is 10.5. The van der Waals surface area contributed by atoms with Crippen molar-refractivity contribution in [1.29, 1.82) is 0 Å². The minimum absolute atomic E-state index is 0. The summed E-state index contributed by atoms with van der Waals surface area (Å²) in [6.45, 7) is -0.428. The van der Waals surface area contributed by atoms with E-state index < -0.39 is 67.5 Å². The maximum atomic E-state index is 13.7. The Hall–Kier alpha value is -5.94. The van der Waals surface area contributed by atoms with Crippen molar-refractivity contribution < 1.29 is 71.8 Å². The topological polar surface area (TPSA) is 361 Å². The van der Waals surface area contributed by atoms with Crippen LogP contribution in [0.15, 0.2) is 36.4 Å². The fourth-order valence-corrected chi connectivity index (χ4v) is 14.3. The average Bonchev–Trinajstić information content (AvgIpc) is 4.22. The van der Waals surface area contributed by atoms with Gasteiger partial charge in [-0.15, -0.1) is 22.1 Å². The van der Waals surface area contributed by atoms with E-state index in [9.17, 15) is 54.7 Å². The van der Waals surface area contributed by atoms with Crippen LogP contribution in [0.25, 0.3) is 46.4 Å². The maximum Gasteiger partial charge on any atom is 2.00 e. The molecule has 0 saturated carbocycles. The third kappa shape index (κ3) is 15.2. The van der Waals surface area contributed by atoms with Crippen molar-refractivity contribution in [2.45, 2.75) is 111 Å². The number of carbonyl (C=O) groups is 6. The summed E-state index contributed by atoms with van der Waals surface area (Å²) >= 11 is 3.50. The number of amides is 8. The second-order valence-corrected chi connectivity index (χ2v) is 24.7. The quantitative estimate of drug-likeness (QED) is 0.0202. The third-order valence-electron chi connectivity index (χ3n) is 13.6. The van der Waals surface area contributed by atoms with E-state index in [0.29, 0.717) is 81.7 Å². The Balaban J connectivity index is 0.00000784. The fourth-order valence-electron chi connectivity index (χ4n) is 9.90. The van der Waals surface area contributed by atoms with Crippen LogP contribution in [0.4, 0.5) is 9.59 Å². The number of nitrogens with one attached hydrogen (secondary N) is 8. The first kappa shape index (κ1) is 57.2. The van der Waals surface area contributed by atoms with Crippen molar-refractivity contribution in [3.63, 3.8) is 0 Å². The van der Waals surface area contributed by atoms with Gasteiger partial charge in [0.25, 0.3) is 20.2 Å². The minimum Gasteiger partial charge on any atom is -0.657 e. The van der Waals surface area contributed by atoms with Crippen molar-refractivity contribution in [3.8, 4) is 0 Å². The summed E-state index contributed by atoms with van der Waals surface area (Å²) < 4.78 is 67.8. The molecule has 29 heteroatoms. The van der Waals surface area contributed by atoms with Crippen molar-refractivity contribution in [1.82, 2.24) is 62.5 Å². The Morgan fingerprint density at radius 1 is 0.623 bits per heavy atom. The monoisotopic (exact) mass is 1180 g/mol. The molecule has 4 fully saturated rings. The molecule has 0 aliphatic carbocycles. The van der Waals surface area contributed by atoms with E-state index in [4.69, 9.17) is 19.9 Å². The largest absolute Gasteiger partial charge is 2.00 e. The molecule has 412 valence electrons. The summed E-state index contributed by atoms with van der Waals surface area (Å²) in [7, 11) is -9.44. The summed E-state index contributed by atoms with van der Waals surface area (Å²) in [4.78, 5) is 96.0. The van der Waals surface area contributed by atoms with Crippen LogP contribution >= 0.6 is 23.5 Å². The molecule has 0 spiro atoms. The van der Waals surface area contributed by atoms with Crippen LogP contribution in [0, 0.1) is 0 Å². The molecule has 3 aromatic rings. The number of nitrogens with zero attached hydrogens (tertiary/aromatic N) is 4. The Morgan fingerprint density at radius 3 is 1.44 bits per heavy atom. The second-order valence-electron chi connectivity index (χ2n) is 19.2. The first-order valence-electron chi connectivity index (χ1n) is 24.7. The molecular formula is C48H56FeN12O12S4. The van der Waals surface area contributed by atoms with E-state index in [-0.39, 0.29) is 89.7 Å². The molecule has 9 rings (SSSR count). The fraction of sp³-hybridized carbons (Fsp3) is 0.458. The maximum absolute atomic E-state index is 13.7. The number of aromatic nitrogens is 4. The number of rotatable bonds is 22. The number of thioether (sulfide) groups is 2. The predicted octanol–water partition coefficient (Wildman–Crippen LogP) is 1.34. The van der Waals surface area contributed by atoms with Gasteiger partial charge in [-0.2, -0.15) is 40.4 Å². The number of unbranched alkanes of at least 4 members (excludes halogenated alkanes) is 2. The minimum atomic E-state index is -4.72. The van der Waals surface area contributed by atoms with Gasteiger partial charge in [-0.05, 0) is 61.1 Å². The van der Waals surface area contributed by atoms with Gasteiger partial charge in [0.15, 0.2) is 0 Å². The standard InChI is InChI=1S/C48H58N12O12S4.Fe/c61-41(7-3-1-5-39-43-35(21-73-39)57-47(65)59-43)55-37(23-75(67,68)69)45(63)49-19-29-31-13-9-25(51-31)17-27-11-15-33(53-27)30(34-16-12-28(54-34)18-26-10-14-32(29)52-26)20-50-46(64)38(24-76(70,71)72)56-42(62)8-4-2-6-40-44-36(22-74-40)58-48(66)60-44;/h9-18,35-40,43-44H,1-8,19-24H2,(H12,49,50,51,52,53,54,55,56,57,58,59,60,61,62,63,64,65,66,67,68,69,70,71,72);/q;+2/p-2/t35-,36-,37-,38-,39-,40-,43-,44-;/m0./s1. The number of fused-ring (bicyclic) bond motifs is 10. The Bertz CT molecular complexity index is 3050. The van der Waals surface area contributed by atoms with Crippen LogP contribution in [0.1, 0.15) is 85.3 Å². The van der Waals surface area contributed by atoms with Crippen molar-refractivity contribution in [3.05, 3.63) is 70.3 Å².